The molecule has 0 saturated heterocycles. The normalized spacial score (nSPS) is 11.4. The molecule has 0 fully saturated rings. The van der Waals surface area contributed by atoms with E-state index >= 15 is 0 Å². The highest BCUT2D eigenvalue weighted by molar-refractivity contribution is 5.87. The lowest BCUT2D eigenvalue weighted by Gasteiger charge is -2.11. The lowest BCUT2D eigenvalue weighted by Crippen LogP contribution is -2.30. The van der Waals surface area contributed by atoms with E-state index in [0.29, 0.717) is 23.0 Å². The molecule has 1 aromatic carbocycles. The van der Waals surface area contributed by atoms with Gasteiger partial charge < -0.3 is 20.1 Å². The lowest BCUT2D eigenvalue weighted by atomic mass is 10.1. The summed E-state index contributed by atoms with van der Waals surface area (Å²) in [6.07, 6.45) is -3.59. The summed E-state index contributed by atoms with van der Waals surface area (Å²) in [5, 5.41) is 21.1. The van der Waals surface area contributed by atoms with Crippen LogP contribution in [0.2, 0.25) is 0 Å². The molecule has 0 saturated carbocycles. The minimum atomic E-state index is -5.08. The molecule has 164 valence electrons. The van der Waals surface area contributed by atoms with Crippen LogP contribution in [0.15, 0.2) is 28.9 Å². The maximum Gasteiger partial charge on any atom is 0.490 e. The number of nitriles is 1. The standard InChI is InChI=1S/C17H17N5O2.C2HF3O2/c1-10-4-5-13-12(6-10)15(11(7-18)8-20-13)23-9-14-21-16(22-24-14)17(2,3)19;3-2(4,5)1(6)7/h4-6,8H,9,19H2,1-3H3;(H,6,7). The van der Waals surface area contributed by atoms with Gasteiger partial charge in [-0.3, -0.25) is 4.98 Å². The van der Waals surface area contributed by atoms with Crippen LogP contribution in [0.3, 0.4) is 0 Å². The van der Waals surface area contributed by atoms with Crippen LogP contribution in [-0.2, 0) is 16.9 Å². The van der Waals surface area contributed by atoms with E-state index in [1.54, 1.807) is 13.8 Å². The Morgan fingerprint density at radius 3 is 2.52 bits per heavy atom. The smallest absolute Gasteiger partial charge is 0.482 e. The largest absolute Gasteiger partial charge is 0.490 e. The minimum absolute atomic E-state index is 0.0464. The first kappa shape index (κ1) is 23.6. The Labute approximate surface area is 174 Å². The molecule has 0 bridgehead atoms. The third kappa shape index (κ3) is 6.13. The number of nitrogens with two attached hydrogens (primary N) is 1. The topological polar surface area (TPSA) is 148 Å². The Bertz CT molecular complexity index is 1130. The van der Waals surface area contributed by atoms with E-state index in [1.807, 2.05) is 25.1 Å². The van der Waals surface area contributed by atoms with Gasteiger partial charge in [-0.15, -0.1) is 0 Å². The van der Waals surface area contributed by atoms with Crippen molar-refractivity contribution in [1.29, 1.82) is 5.26 Å². The van der Waals surface area contributed by atoms with Crippen LogP contribution in [0, 0.1) is 18.3 Å². The van der Waals surface area contributed by atoms with Crippen molar-refractivity contribution < 1.29 is 32.3 Å². The molecule has 31 heavy (non-hydrogen) atoms. The summed E-state index contributed by atoms with van der Waals surface area (Å²) in [6.45, 7) is 5.59. The molecule has 0 spiro atoms. The van der Waals surface area contributed by atoms with E-state index in [-0.39, 0.29) is 6.61 Å². The van der Waals surface area contributed by atoms with Crippen molar-refractivity contribution in [1.82, 2.24) is 15.1 Å². The number of ether oxygens (including phenoxy) is 1. The van der Waals surface area contributed by atoms with E-state index in [2.05, 4.69) is 21.2 Å². The molecule has 0 aliphatic heterocycles. The number of pyridine rings is 1. The van der Waals surface area contributed by atoms with Crippen LogP contribution in [0.25, 0.3) is 10.9 Å². The van der Waals surface area contributed by atoms with E-state index in [1.165, 1.54) is 6.20 Å². The number of alkyl halides is 3. The predicted molar refractivity (Wildman–Crippen MR) is 101 cm³/mol. The number of aliphatic carboxylic acids is 1. The van der Waals surface area contributed by atoms with Crippen LogP contribution in [0.5, 0.6) is 5.75 Å². The fourth-order valence-electron chi connectivity index (χ4n) is 2.23. The molecule has 0 aliphatic carbocycles. The molecule has 0 atom stereocenters. The van der Waals surface area contributed by atoms with Crippen LogP contribution >= 0.6 is 0 Å². The van der Waals surface area contributed by atoms with Crippen LogP contribution in [0.4, 0.5) is 13.2 Å². The summed E-state index contributed by atoms with van der Waals surface area (Å²) in [7, 11) is 0. The van der Waals surface area contributed by atoms with Gasteiger partial charge in [-0.05, 0) is 32.9 Å². The minimum Gasteiger partial charge on any atom is -0.482 e. The molecule has 0 radical (unpaired) electrons. The molecule has 2 heterocycles. The van der Waals surface area contributed by atoms with Gasteiger partial charge in [0.05, 0.1) is 11.1 Å². The second-order valence-corrected chi connectivity index (χ2v) is 6.96. The maximum atomic E-state index is 10.6. The van der Waals surface area contributed by atoms with Crippen molar-refractivity contribution in [3.8, 4) is 11.8 Å². The Hall–Kier alpha value is -3.72. The number of carboxylic acid groups (broad SMARTS) is 1. The Kier molecular flexibility index (Phi) is 6.81. The number of hydrogen-bond donors (Lipinski definition) is 2. The molecule has 0 amide bonds. The zero-order chi connectivity index (χ0) is 23.4. The highest BCUT2D eigenvalue weighted by Crippen LogP contribution is 2.29. The van der Waals surface area contributed by atoms with Crippen molar-refractivity contribution in [3.63, 3.8) is 0 Å². The number of hydrogen-bond acceptors (Lipinski definition) is 8. The van der Waals surface area contributed by atoms with Gasteiger partial charge in [0.2, 0.25) is 0 Å². The molecule has 12 heteroatoms. The average Bonchev–Trinajstić information content (AvgIpc) is 3.15. The van der Waals surface area contributed by atoms with Crippen LogP contribution < -0.4 is 10.5 Å². The number of halogens is 3. The summed E-state index contributed by atoms with van der Waals surface area (Å²) in [5.74, 6) is -1.60. The quantitative estimate of drug-likeness (QED) is 0.627. The first-order chi connectivity index (χ1) is 14.3. The molecule has 3 N–H and O–H groups in total. The molecular formula is C19H18F3N5O4. The second kappa shape index (κ2) is 8.97. The molecule has 3 aromatic rings. The van der Waals surface area contributed by atoms with Gasteiger partial charge in [-0.1, -0.05) is 16.8 Å². The maximum absolute atomic E-state index is 10.6. The summed E-state index contributed by atoms with van der Waals surface area (Å²) in [5.41, 5.74) is 7.40. The number of carboxylic acids is 1. The fraction of sp³-hybridized carbons (Fsp3) is 0.316. The van der Waals surface area contributed by atoms with Gasteiger partial charge in [-0.25, -0.2) is 4.79 Å². The Morgan fingerprint density at radius 2 is 2.00 bits per heavy atom. The molecule has 3 rings (SSSR count). The van der Waals surface area contributed by atoms with Crippen molar-refractivity contribution >= 4 is 16.9 Å². The first-order valence-corrected chi connectivity index (χ1v) is 8.67. The highest BCUT2D eigenvalue weighted by Gasteiger charge is 2.38. The van der Waals surface area contributed by atoms with Gasteiger partial charge in [0.1, 0.15) is 17.4 Å². The molecule has 2 aromatic heterocycles. The Balaban J connectivity index is 0.000000423. The Morgan fingerprint density at radius 1 is 1.35 bits per heavy atom. The summed E-state index contributed by atoms with van der Waals surface area (Å²) >= 11 is 0. The van der Waals surface area contributed by atoms with Crippen LogP contribution in [0.1, 0.15) is 36.7 Å². The SMILES string of the molecule is Cc1ccc2ncc(C#N)c(OCc3nc(C(C)(C)N)no3)c2c1.O=C(O)C(F)(F)F. The van der Waals surface area contributed by atoms with Gasteiger partial charge in [0, 0.05) is 11.6 Å². The summed E-state index contributed by atoms with van der Waals surface area (Å²) in [6, 6.07) is 7.88. The fourth-order valence-corrected chi connectivity index (χ4v) is 2.23. The number of aromatic nitrogens is 3. The van der Waals surface area contributed by atoms with E-state index < -0.39 is 17.7 Å². The van der Waals surface area contributed by atoms with E-state index in [4.69, 9.17) is 24.9 Å². The van der Waals surface area contributed by atoms with Gasteiger partial charge in [0.15, 0.2) is 12.4 Å². The van der Waals surface area contributed by atoms with Crippen molar-refractivity contribution in [2.45, 2.75) is 39.1 Å². The van der Waals surface area contributed by atoms with Gasteiger partial charge in [-0.2, -0.15) is 23.4 Å². The lowest BCUT2D eigenvalue weighted by molar-refractivity contribution is -0.192. The number of carbonyl (C=O) groups is 1. The van der Waals surface area contributed by atoms with Crippen molar-refractivity contribution in [3.05, 3.63) is 47.2 Å². The third-order valence-electron chi connectivity index (χ3n) is 3.72. The number of fused-ring (bicyclic) bond motifs is 1. The summed E-state index contributed by atoms with van der Waals surface area (Å²) < 4.78 is 42.7. The monoisotopic (exact) mass is 437 g/mol. The molecule has 0 unspecified atom stereocenters. The van der Waals surface area contributed by atoms with Gasteiger partial charge in [0.25, 0.3) is 5.89 Å². The third-order valence-corrected chi connectivity index (χ3v) is 3.72. The van der Waals surface area contributed by atoms with Crippen molar-refractivity contribution in [2.24, 2.45) is 5.73 Å². The number of nitrogens with zero attached hydrogens (tertiary/aromatic N) is 4. The first-order valence-electron chi connectivity index (χ1n) is 8.67. The number of aryl methyl sites for hydroxylation is 1. The molecule has 0 aliphatic rings. The van der Waals surface area contributed by atoms with Crippen LogP contribution in [-0.4, -0.2) is 32.4 Å². The molecule has 9 nitrogen and oxygen atoms in total. The van der Waals surface area contributed by atoms with Crippen molar-refractivity contribution in [2.75, 3.05) is 0 Å². The highest BCUT2D eigenvalue weighted by atomic mass is 19.4. The van der Waals surface area contributed by atoms with E-state index in [0.717, 1.165) is 16.5 Å². The van der Waals surface area contributed by atoms with Gasteiger partial charge >= 0.3 is 12.1 Å². The summed E-state index contributed by atoms with van der Waals surface area (Å²) in [4.78, 5) is 17.4. The van der Waals surface area contributed by atoms with E-state index in [9.17, 15) is 18.4 Å². The second-order valence-electron chi connectivity index (χ2n) is 6.96. The zero-order valence-corrected chi connectivity index (χ0v) is 16.7. The average molecular weight is 437 g/mol. The number of rotatable bonds is 4. The molecular weight excluding hydrogens is 419 g/mol. The zero-order valence-electron chi connectivity index (χ0n) is 16.7. The predicted octanol–water partition coefficient (Wildman–Crippen LogP) is 3.20. The number of benzene rings is 1.